The molecule has 0 saturated carbocycles. The van der Waals surface area contributed by atoms with Crippen LogP contribution in [0.4, 0.5) is 18.9 Å². The zero-order valence-corrected chi connectivity index (χ0v) is 16.0. The van der Waals surface area contributed by atoms with Crippen molar-refractivity contribution in [1.29, 1.82) is 0 Å². The fraction of sp³-hybridized carbons (Fsp3) is 0.286. The molecule has 1 N–H and O–H groups in total. The van der Waals surface area contributed by atoms with Gasteiger partial charge < -0.3 is 5.32 Å². The van der Waals surface area contributed by atoms with E-state index in [2.05, 4.69) is 10.2 Å². The largest absolute Gasteiger partial charge is 0.417 e. The summed E-state index contributed by atoms with van der Waals surface area (Å²) in [6, 6.07) is 14.6. The molecule has 0 unspecified atom stereocenters. The molecular formula is C21H21F3N2OS. The summed E-state index contributed by atoms with van der Waals surface area (Å²) in [4.78, 5) is 14.6. The minimum Gasteiger partial charge on any atom is -0.322 e. The second-order valence-corrected chi connectivity index (χ2v) is 7.72. The van der Waals surface area contributed by atoms with E-state index in [0.29, 0.717) is 11.8 Å². The summed E-state index contributed by atoms with van der Waals surface area (Å²) in [7, 11) is 0. The number of benzene rings is 2. The van der Waals surface area contributed by atoms with Crippen LogP contribution < -0.4 is 5.32 Å². The number of alkyl halides is 3. The van der Waals surface area contributed by atoms with E-state index in [4.69, 9.17) is 0 Å². The summed E-state index contributed by atoms with van der Waals surface area (Å²) in [5.74, 6) is 1.39. The van der Waals surface area contributed by atoms with E-state index in [9.17, 15) is 18.0 Å². The van der Waals surface area contributed by atoms with Gasteiger partial charge in [0.15, 0.2) is 0 Å². The molecule has 7 heteroatoms. The summed E-state index contributed by atoms with van der Waals surface area (Å²) in [5, 5.41) is 2.55. The van der Waals surface area contributed by atoms with Gasteiger partial charge in [-0.1, -0.05) is 42.5 Å². The predicted molar refractivity (Wildman–Crippen MR) is 108 cm³/mol. The first-order valence-corrected chi connectivity index (χ1v) is 10.1. The number of rotatable bonds is 5. The van der Waals surface area contributed by atoms with Crippen molar-refractivity contribution in [3.63, 3.8) is 0 Å². The highest BCUT2D eigenvalue weighted by Crippen LogP contribution is 2.33. The van der Waals surface area contributed by atoms with Crippen LogP contribution in [0.1, 0.15) is 11.1 Å². The second-order valence-electron chi connectivity index (χ2n) is 6.50. The van der Waals surface area contributed by atoms with Gasteiger partial charge in [-0.3, -0.25) is 9.69 Å². The van der Waals surface area contributed by atoms with Gasteiger partial charge in [0.1, 0.15) is 0 Å². The minimum atomic E-state index is -4.62. The van der Waals surface area contributed by atoms with Crippen LogP contribution in [0.25, 0.3) is 5.57 Å². The summed E-state index contributed by atoms with van der Waals surface area (Å²) in [5.41, 5.74) is 0.502. The van der Waals surface area contributed by atoms with E-state index in [1.807, 2.05) is 23.9 Å². The number of anilines is 1. The van der Waals surface area contributed by atoms with E-state index in [-0.39, 0.29) is 5.56 Å². The third-order valence-electron chi connectivity index (χ3n) is 4.37. The third kappa shape index (κ3) is 5.87. The van der Waals surface area contributed by atoms with Crippen molar-refractivity contribution >= 4 is 28.9 Å². The molecule has 0 aliphatic carbocycles. The first-order chi connectivity index (χ1) is 13.4. The lowest BCUT2D eigenvalue weighted by Crippen LogP contribution is -2.31. The maximum absolute atomic E-state index is 13.4. The van der Waals surface area contributed by atoms with Crippen LogP contribution in [-0.4, -0.2) is 41.6 Å². The number of hydrogen-bond acceptors (Lipinski definition) is 3. The Labute approximate surface area is 166 Å². The van der Waals surface area contributed by atoms with Gasteiger partial charge in [-0.05, 0) is 23.3 Å². The Bertz CT molecular complexity index is 831. The molecule has 1 aliphatic rings. The van der Waals surface area contributed by atoms with Gasteiger partial charge in [0.25, 0.3) is 0 Å². The summed E-state index contributed by atoms with van der Waals surface area (Å²) in [6.45, 7) is 2.78. The molecule has 0 atom stereocenters. The normalized spacial score (nSPS) is 16.0. The molecule has 1 fully saturated rings. The molecule has 3 nitrogen and oxygen atoms in total. The number of nitrogens with one attached hydrogen (secondary N) is 1. The zero-order valence-electron chi connectivity index (χ0n) is 15.2. The maximum atomic E-state index is 13.4. The highest BCUT2D eigenvalue weighted by molar-refractivity contribution is 7.99. The second kappa shape index (κ2) is 9.30. The first kappa shape index (κ1) is 20.5. The molecular weight excluding hydrogens is 385 g/mol. The molecule has 28 heavy (non-hydrogen) atoms. The molecule has 1 amide bonds. The molecule has 1 heterocycles. The van der Waals surface area contributed by atoms with Gasteiger partial charge in [-0.2, -0.15) is 24.9 Å². The predicted octanol–water partition coefficient (Wildman–Crippen LogP) is 4.82. The van der Waals surface area contributed by atoms with Crippen molar-refractivity contribution in [3.8, 4) is 0 Å². The van der Waals surface area contributed by atoms with Crippen molar-refractivity contribution < 1.29 is 18.0 Å². The average Bonchev–Trinajstić information content (AvgIpc) is 2.67. The number of hydrogen-bond donors (Lipinski definition) is 1. The monoisotopic (exact) mass is 406 g/mol. The molecule has 1 aliphatic heterocycles. The molecule has 0 bridgehead atoms. The van der Waals surface area contributed by atoms with Crippen LogP contribution in [0, 0.1) is 0 Å². The van der Waals surface area contributed by atoms with Gasteiger partial charge >= 0.3 is 6.18 Å². The maximum Gasteiger partial charge on any atom is 0.417 e. The van der Waals surface area contributed by atoms with Crippen LogP contribution >= 0.6 is 11.8 Å². The molecule has 0 aromatic heterocycles. The van der Waals surface area contributed by atoms with Crippen LogP contribution in [0.15, 0.2) is 60.7 Å². The Balaban J connectivity index is 1.72. The SMILES string of the molecule is O=C(/C=C(/c1ccccc1)C(F)(F)F)Nc1cccc(CN2CCSCC2)c1. The van der Waals surface area contributed by atoms with Crippen molar-refractivity contribution in [2.24, 2.45) is 0 Å². The van der Waals surface area contributed by atoms with Crippen LogP contribution in [0.2, 0.25) is 0 Å². The molecule has 0 spiro atoms. The van der Waals surface area contributed by atoms with E-state index in [0.717, 1.165) is 36.7 Å². The van der Waals surface area contributed by atoms with E-state index in [1.165, 1.54) is 24.3 Å². The lowest BCUT2D eigenvalue weighted by atomic mass is 10.1. The fourth-order valence-electron chi connectivity index (χ4n) is 3.02. The Morgan fingerprint density at radius 3 is 2.46 bits per heavy atom. The summed E-state index contributed by atoms with van der Waals surface area (Å²) in [6.07, 6.45) is -4.00. The Hall–Kier alpha value is -2.25. The van der Waals surface area contributed by atoms with E-state index >= 15 is 0 Å². The number of nitrogens with zero attached hydrogens (tertiary/aromatic N) is 1. The minimum absolute atomic E-state index is 0.0399. The number of amides is 1. The molecule has 1 saturated heterocycles. The van der Waals surface area contributed by atoms with Gasteiger partial charge in [-0.25, -0.2) is 0 Å². The Kier molecular flexibility index (Phi) is 6.80. The topological polar surface area (TPSA) is 32.3 Å². The Morgan fingerprint density at radius 2 is 1.79 bits per heavy atom. The molecule has 3 rings (SSSR count). The first-order valence-electron chi connectivity index (χ1n) is 8.96. The number of carbonyl (C=O) groups excluding carboxylic acids is 1. The zero-order chi connectivity index (χ0) is 20.0. The number of halogens is 3. The standard InChI is InChI=1S/C21H21F3N2OS/c22-21(23,24)19(17-6-2-1-3-7-17)14-20(27)25-18-8-4-5-16(13-18)15-26-9-11-28-12-10-26/h1-8,13-14H,9-12,15H2,(H,25,27)/b19-14-. The van der Waals surface area contributed by atoms with Crippen molar-refractivity contribution in [3.05, 3.63) is 71.8 Å². The summed E-state index contributed by atoms with van der Waals surface area (Å²) >= 11 is 1.93. The van der Waals surface area contributed by atoms with Crippen molar-refractivity contribution in [2.75, 3.05) is 29.9 Å². The number of carbonyl (C=O) groups is 1. The van der Waals surface area contributed by atoms with Gasteiger partial charge in [0, 0.05) is 42.9 Å². The highest BCUT2D eigenvalue weighted by atomic mass is 32.2. The number of allylic oxidation sites excluding steroid dienone is 1. The van der Waals surface area contributed by atoms with Gasteiger partial charge in [0.05, 0.1) is 5.57 Å². The van der Waals surface area contributed by atoms with Gasteiger partial charge in [-0.15, -0.1) is 0 Å². The number of thioether (sulfide) groups is 1. The van der Waals surface area contributed by atoms with Crippen LogP contribution in [0.5, 0.6) is 0 Å². The lowest BCUT2D eigenvalue weighted by molar-refractivity contribution is -0.112. The Morgan fingerprint density at radius 1 is 1.07 bits per heavy atom. The highest BCUT2D eigenvalue weighted by Gasteiger charge is 2.35. The van der Waals surface area contributed by atoms with Crippen LogP contribution in [-0.2, 0) is 11.3 Å². The smallest absolute Gasteiger partial charge is 0.322 e. The van der Waals surface area contributed by atoms with E-state index < -0.39 is 17.7 Å². The van der Waals surface area contributed by atoms with Crippen molar-refractivity contribution in [1.82, 2.24) is 4.90 Å². The molecule has 0 radical (unpaired) electrons. The van der Waals surface area contributed by atoms with Crippen LogP contribution in [0.3, 0.4) is 0 Å². The van der Waals surface area contributed by atoms with Gasteiger partial charge in [0.2, 0.25) is 5.91 Å². The quantitative estimate of drug-likeness (QED) is 0.723. The lowest BCUT2D eigenvalue weighted by Gasteiger charge is -2.26. The summed E-state index contributed by atoms with van der Waals surface area (Å²) < 4.78 is 40.1. The molecule has 2 aromatic carbocycles. The average molecular weight is 406 g/mol. The molecule has 148 valence electrons. The van der Waals surface area contributed by atoms with Crippen molar-refractivity contribution in [2.45, 2.75) is 12.7 Å². The molecule has 2 aromatic rings. The third-order valence-corrected chi connectivity index (χ3v) is 5.31. The van der Waals surface area contributed by atoms with E-state index in [1.54, 1.807) is 18.2 Å². The fourth-order valence-corrected chi connectivity index (χ4v) is 4.00.